The molecular formula is C10H12Cl2N2O. The zero-order chi connectivity index (χ0) is 11.8. The van der Waals surface area contributed by atoms with Crippen molar-refractivity contribution in [2.45, 2.75) is 26.2 Å². The minimum Gasteiger partial charge on any atom is -0.365 e. The molecule has 82 valence electrons. The van der Waals surface area contributed by atoms with Crippen LogP contribution in [0, 0.1) is 0 Å². The minimum atomic E-state index is -0.611. The predicted molar refractivity (Wildman–Crippen MR) is 61.5 cm³/mol. The van der Waals surface area contributed by atoms with Gasteiger partial charge in [0.2, 0.25) is 0 Å². The van der Waals surface area contributed by atoms with E-state index in [4.69, 9.17) is 28.9 Å². The van der Waals surface area contributed by atoms with Crippen LogP contribution in [0.4, 0.5) is 0 Å². The van der Waals surface area contributed by atoms with E-state index in [0.717, 1.165) is 0 Å². The Morgan fingerprint density at radius 3 is 2.27 bits per heavy atom. The van der Waals surface area contributed by atoms with Crippen LogP contribution in [-0.2, 0) is 5.41 Å². The summed E-state index contributed by atoms with van der Waals surface area (Å²) in [4.78, 5) is 15.1. The quantitative estimate of drug-likeness (QED) is 0.775. The zero-order valence-corrected chi connectivity index (χ0v) is 10.3. The molecule has 1 amide bonds. The molecule has 15 heavy (non-hydrogen) atoms. The van der Waals surface area contributed by atoms with Crippen molar-refractivity contribution >= 4 is 29.1 Å². The van der Waals surface area contributed by atoms with Crippen LogP contribution in [0.25, 0.3) is 0 Å². The fraction of sp³-hybridized carbons (Fsp3) is 0.400. The van der Waals surface area contributed by atoms with Crippen molar-refractivity contribution in [2.75, 3.05) is 0 Å². The second kappa shape index (κ2) is 3.99. The fourth-order valence-corrected chi connectivity index (χ4v) is 2.09. The topological polar surface area (TPSA) is 56.0 Å². The van der Waals surface area contributed by atoms with Gasteiger partial charge in [-0.15, -0.1) is 0 Å². The Hall–Kier alpha value is -0.800. The van der Waals surface area contributed by atoms with Crippen LogP contribution in [0.1, 0.15) is 36.7 Å². The highest BCUT2D eigenvalue weighted by Crippen LogP contribution is 2.34. The summed E-state index contributed by atoms with van der Waals surface area (Å²) in [5.41, 5.74) is 5.79. The number of carbonyl (C=O) groups excluding carboxylic acids is 1. The average Bonchev–Trinajstić information content (AvgIpc) is 2.05. The smallest absolute Gasteiger partial charge is 0.252 e. The van der Waals surface area contributed by atoms with Gasteiger partial charge in [-0.3, -0.25) is 4.79 Å². The molecule has 0 aliphatic carbocycles. The van der Waals surface area contributed by atoms with Crippen molar-refractivity contribution < 1.29 is 4.79 Å². The van der Waals surface area contributed by atoms with Gasteiger partial charge in [-0.1, -0.05) is 44.0 Å². The van der Waals surface area contributed by atoms with Crippen LogP contribution in [0.3, 0.4) is 0 Å². The van der Waals surface area contributed by atoms with Crippen LogP contribution >= 0.6 is 23.2 Å². The summed E-state index contributed by atoms with van der Waals surface area (Å²) in [5.74, 6) is -0.611. The van der Waals surface area contributed by atoms with Crippen LogP contribution in [0.5, 0.6) is 0 Å². The van der Waals surface area contributed by atoms with Crippen molar-refractivity contribution in [3.05, 3.63) is 27.5 Å². The van der Waals surface area contributed by atoms with Gasteiger partial charge in [0.25, 0.3) is 5.91 Å². The fourth-order valence-electron chi connectivity index (χ4n) is 1.42. The Kier molecular flexibility index (Phi) is 3.26. The molecule has 0 atom stereocenters. The molecule has 0 aliphatic rings. The number of primary amides is 1. The molecule has 5 heteroatoms. The van der Waals surface area contributed by atoms with Crippen molar-refractivity contribution in [1.29, 1.82) is 0 Å². The third-order valence-corrected chi connectivity index (χ3v) is 2.56. The third-order valence-electron chi connectivity index (χ3n) is 1.98. The van der Waals surface area contributed by atoms with Gasteiger partial charge in [0, 0.05) is 6.20 Å². The highest BCUT2D eigenvalue weighted by atomic mass is 35.5. The Bertz CT molecular complexity index is 411. The second-order valence-electron chi connectivity index (χ2n) is 4.26. The Labute approximate surface area is 98.6 Å². The van der Waals surface area contributed by atoms with E-state index in [-0.39, 0.29) is 16.1 Å². The molecule has 3 nitrogen and oxygen atoms in total. The average molecular weight is 247 g/mol. The van der Waals surface area contributed by atoms with Gasteiger partial charge < -0.3 is 5.73 Å². The number of hydrogen-bond donors (Lipinski definition) is 1. The van der Waals surface area contributed by atoms with Gasteiger partial charge in [-0.25, -0.2) is 4.98 Å². The summed E-state index contributed by atoms with van der Waals surface area (Å²) in [5, 5.41) is 0.498. The molecule has 0 unspecified atom stereocenters. The van der Waals surface area contributed by atoms with E-state index in [9.17, 15) is 4.79 Å². The maximum atomic E-state index is 11.3. The van der Waals surface area contributed by atoms with E-state index in [2.05, 4.69) is 4.98 Å². The lowest BCUT2D eigenvalue weighted by Gasteiger charge is -2.23. The molecular weight excluding hydrogens is 235 g/mol. The zero-order valence-electron chi connectivity index (χ0n) is 8.77. The first-order valence-corrected chi connectivity index (χ1v) is 5.15. The summed E-state index contributed by atoms with van der Waals surface area (Å²) < 4.78 is 0. The predicted octanol–water partition coefficient (Wildman–Crippen LogP) is 2.78. The molecule has 0 saturated carbocycles. The van der Waals surface area contributed by atoms with Gasteiger partial charge in [0.1, 0.15) is 5.15 Å². The normalized spacial score (nSPS) is 11.5. The van der Waals surface area contributed by atoms with Gasteiger partial charge in [-0.05, 0) is 11.0 Å². The summed E-state index contributed by atoms with van der Waals surface area (Å²) in [6.45, 7) is 5.78. The number of aromatic nitrogens is 1. The molecule has 0 aliphatic heterocycles. The molecule has 1 rings (SSSR count). The lowest BCUT2D eigenvalue weighted by Crippen LogP contribution is -2.22. The van der Waals surface area contributed by atoms with E-state index in [1.807, 2.05) is 20.8 Å². The van der Waals surface area contributed by atoms with Crippen LogP contribution in [0.2, 0.25) is 10.2 Å². The standard InChI is InChI=1S/C10H12Cl2N2O/c1-10(2,3)7-5(11)4-14-8(12)6(7)9(13)15/h4H,1-3H3,(H2,13,15). The molecule has 1 heterocycles. The molecule has 0 spiro atoms. The van der Waals surface area contributed by atoms with E-state index >= 15 is 0 Å². The number of carbonyl (C=O) groups is 1. The molecule has 0 fully saturated rings. The number of pyridine rings is 1. The Morgan fingerprint density at radius 2 is 1.93 bits per heavy atom. The van der Waals surface area contributed by atoms with Crippen LogP contribution < -0.4 is 5.73 Å². The van der Waals surface area contributed by atoms with E-state index in [0.29, 0.717) is 10.6 Å². The van der Waals surface area contributed by atoms with Crippen LogP contribution in [-0.4, -0.2) is 10.9 Å². The number of hydrogen-bond acceptors (Lipinski definition) is 2. The van der Waals surface area contributed by atoms with E-state index < -0.39 is 5.91 Å². The lowest BCUT2D eigenvalue weighted by molar-refractivity contribution is 0.0998. The van der Waals surface area contributed by atoms with Crippen molar-refractivity contribution in [3.8, 4) is 0 Å². The lowest BCUT2D eigenvalue weighted by atomic mass is 9.84. The molecule has 1 aromatic rings. The first kappa shape index (κ1) is 12.3. The third kappa shape index (κ3) is 2.41. The van der Waals surface area contributed by atoms with Crippen molar-refractivity contribution in [3.63, 3.8) is 0 Å². The van der Waals surface area contributed by atoms with Gasteiger partial charge in [0.05, 0.1) is 10.6 Å². The molecule has 0 aromatic carbocycles. The van der Waals surface area contributed by atoms with E-state index in [1.165, 1.54) is 6.20 Å². The maximum absolute atomic E-state index is 11.3. The minimum absolute atomic E-state index is 0.0943. The molecule has 2 N–H and O–H groups in total. The monoisotopic (exact) mass is 246 g/mol. The Morgan fingerprint density at radius 1 is 1.40 bits per heavy atom. The number of nitrogens with two attached hydrogens (primary N) is 1. The van der Waals surface area contributed by atoms with Gasteiger partial charge in [-0.2, -0.15) is 0 Å². The largest absolute Gasteiger partial charge is 0.365 e. The molecule has 1 aromatic heterocycles. The molecule has 0 saturated heterocycles. The summed E-state index contributed by atoms with van der Waals surface area (Å²) in [6, 6.07) is 0. The summed E-state index contributed by atoms with van der Waals surface area (Å²) in [6.07, 6.45) is 1.43. The highest BCUT2D eigenvalue weighted by Gasteiger charge is 2.26. The van der Waals surface area contributed by atoms with Gasteiger partial charge >= 0.3 is 0 Å². The van der Waals surface area contributed by atoms with Crippen molar-refractivity contribution in [1.82, 2.24) is 4.98 Å². The summed E-state index contributed by atoms with van der Waals surface area (Å²) >= 11 is 11.8. The van der Waals surface area contributed by atoms with Crippen molar-refractivity contribution in [2.24, 2.45) is 5.73 Å². The molecule has 0 bridgehead atoms. The first-order chi connectivity index (χ1) is 6.75. The highest BCUT2D eigenvalue weighted by molar-refractivity contribution is 6.35. The SMILES string of the molecule is CC(C)(C)c1c(Cl)cnc(Cl)c1C(N)=O. The molecule has 0 radical (unpaired) electrons. The van der Waals surface area contributed by atoms with Crippen LogP contribution in [0.15, 0.2) is 6.20 Å². The van der Waals surface area contributed by atoms with E-state index in [1.54, 1.807) is 0 Å². The number of nitrogens with zero attached hydrogens (tertiary/aromatic N) is 1. The number of amides is 1. The number of halogens is 2. The maximum Gasteiger partial charge on any atom is 0.252 e. The van der Waals surface area contributed by atoms with Gasteiger partial charge in [0.15, 0.2) is 0 Å². The summed E-state index contributed by atoms with van der Waals surface area (Å²) in [7, 11) is 0. The number of rotatable bonds is 1. The second-order valence-corrected chi connectivity index (χ2v) is 5.03. The first-order valence-electron chi connectivity index (χ1n) is 4.39. The Balaban J connectivity index is 3.60.